The predicted molar refractivity (Wildman–Crippen MR) is 138 cm³/mol. The van der Waals surface area contributed by atoms with Gasteiger partial charge in [0.1, 0.15) is 5.82 Å². The fourth-order valence-electron chi connectivity index (χ4n) is 4.74. The minimum Gasteiger partial charge on any atom is -0.333 e. The third kappa shape index (κ3) is 5.81. The smallest absolute Gasteiger partial charge is 0.333 e. The Morgan fingerprint density at radius 2 is 1.92 bits per heavy atom. The number of hydrogen-bond donors (Lipinski definition) is 1. The molecule has 0 spiro atoms. The Labute approximate surface area is 225 Å². The van der Waals surface area contributed by atoms with Crippen molar-refractivity contribution in [2.45, 2.75) is 25.7 Å². The molecule has 4 aromatic rings. The summed E-state index contributed by atoms with van der Waals surface area (Å²) >= 11 is 5.73. The molecule has 0 bridgehead atoms. The summed E-state index contributed by atoms with van der Waals surface area (Å²) in [7, 11) is 0. The van der Waals surface area contributed by atoms with Gasteiger partial charge in [0, 0.05) is 49.9 Å². The van der Waals surface area contributed by atoms with Gasteiger partial charge >= 0.3 is 12.2 Å². The molecule has 1 aliphatic heterocycles. The lowest BCUT2D eigenvalue weighted by Gasteiger charge is -2.27. The zero-order valence-corrected chi connectivity index (χ0v) is 21.2. The lowest BCUT2D eigenvalue weighted by Crippen LogP contribution is -2.34. The van der Waals surface area contributed by atoms with Gasteiger partial charge in [-0.25, -0.2) is 14.2 Å². The molecule has 0 saturated heterocycles. The van der Waals surface area contributed by atoms with Gasteiger partial charge in [0.05, 0.1) is 16.1 Å². The van der Waals surface area contributed by atoms with Gasteiger partial charge in [0.25, 0.3) is 0 Å². The number of hydrogen-bond acceptors (Lipinski definition) is 3. The van der Waals surface area contributed by atoms with Crippen LogP contribution in [0.2, 0.25) is 5.02 Å². The second kappa shape index (κ2) is 10.8. The molecule has 0 aliphatic carbocycles. The van der Waals surface area contributed by atoms with Gasteiger partial charge < -0.3 is 5.32 Å². The largest absolute Gasteiger partial charge is 0.416 e. The average Bonchev–Trinajstić information content (AvgIpc) is 3.22. The van der Waals surface area contributed by atoms with Gasteiger partial charge in [0.15, 0.2) is 0 Å². The molecular formula is C28H22ClF5N4O. The lowest BCUT2D eigenvalue weighted by atomic mass is 10.0. The van der Waals surface area contributed by atoms with E-state index in [2.05, 4.69) is 15.2 Å². The number of nitrogens with one attached hydrogen (secondary N) is 1. The van der Waals surface area contributed by atoms with Crippen molar-refractivity contribution in [3.05, 3.63) is 106 Å². The molecule has 1 N–H and O–H groups in total. The fraction of sp³-hybridized carbons (Fsp3) is 0.214. The molecular weight excluding hydrogens is 539 g/mol. The Bertz CT molecular complexity index is 1580. The van der Waals surface area contributed by atoms with Crippen molar-refractivity contribution in [1.29, 1.82) is 0 Å². The van der Waals surface area contributed by atoms with E-state index in [1.54, 1.807) is 12.1 Å². The quantitative estimate of drug-likeness (QED) is 0.215. The summed E-state index contributed by atoms with van der Waals surface area (Å²) in [6.07, 6.45) is 0.753. The zero-order chi connectivity index (χ0) is 27.7. The van der Waals surface area contributed by atoms with E-state index in [4.69, 9.17) is 11.6 Å². The van der Waals surface area contributed by atoms with E-state index in [1.807, 2.05) is 6.08 Å². The van der Waals surface area contributed by atoms with Gasteiger partial charge in [-0.1, -0.05) is 35.9 Å². The first-order valence-corrected chi connectivity index (χ1v) is 12.4. The van der Waals surface area contributed by atoms with E-state index in [1.165, 1.54) is 41.1 Å². The molecule has 0 fully saturated rings. The van der Waals surface area contributed by atoms with Crippen molar-refractivity contribution in [2.24, 2.45) is 0 Å². The number of nitrogens with zero attached hydrogens (tertiary/aromatic N) is 3. The predicted octanol–water partition coefficient (Wildman–Crippen LogP) is 6.82. The molecule has 5 rings (SSSR count). The van der Waals surface area contributed by atoms with Crippen LogP contribution in [0.4, 0.5) is 26.7 Å². The molecule has 2 aromatic carbocycles. The monoisotopic (exact) mass is 560 g/mol. The summed E-state index contributed by atoms with van der Waals surface area (Å²) in [5, 5.41) is 3.28. The Morgan fingerprint density at radius 1 is 1.10 bits per heavy atom. The molecule has 1 aliphatic rings. The number of benzene rings is 2. The maximum absolute atomic E-state index is 13.7. The van der Waals surface area contributed by atoms with Crippen molar-refractivity contribution < 1.29 is 26.7 Å². The van der Waals surface area contributed by atoms with E-state index in [0.29, 0.717) is 48.3 Å². The van der Waals surface area contributed by atoms with Crippen LogP contribution in [0.15, 0.2) is 60.8 Å². The normalized spacial score (nSPS) is 14.2. The molecule has 1 amide bonds. The number of halogens is 6. The van der Waals surface area contributed by atoms with Gasteiger partial charge in [0.2, 0.25) is 5.95 Å². The number of pyridine rings is 1. The van der Waals surface area contributed by atoms with E-state index < -0.39 is 29.5 Å². The third-order valence-electron chi connectivity index (χ3n) is 6.61. The molecule has 0 saturated carbocycles. The van der Waals surface area contributed by atoms with E-state index in [-0.39, 0.29) is 17.1 Å². The molecule has 39 heavy (non-hydrogen) atoms. The van der Waals surface area contributed by atoms with Crippen LogP contribution in [-0.4, -0.2) is 33.6 Å². The van der Waals surface area contributed by atoms with Crippen LogP contribution in [0.25, 0.3) is 17.0 Å². The van der Waals surface area contributed by atoms with Crippen molar-refractivity contribution >= 4 is 34.6 Å². The number of fused-ring (bicyclic) bond motifs is 3. The van der Waals surface area contributed by atoms with Crippen LogP contribution < -0.4 is 5.32 Å². The zero-order valence-electron chi connectivity index (χ0n) is 20.4. The standard InChI is InChI=1S/C28H22ClF5N4O/c29-22-6-3-17(12-23(22)30)2-1-10-37-11-8-24-21(16-37)20-5-4-19(28(32,33)34)14-25(20)38(24)27(39)36-15-18-7-9-35-26(31)13-18/h1-7,9,12-14H,8,10-11,15-16H2,(H,36,39). The maximum atomic E-state index is 13.7. The number of carbonyl (C=O) groups excluding carboxylic acids is 1. The molecule has 2 aromatic heterocycles. The highest BCUT2D eigenvalue weighted by molar-refractivity contribution is 6.30. The maximum Gasteiger partial charge on any atom is 0.416 e. The van der Waals surface area contributed by atoms with Crippen molar-refractivity contribution in [3.8, 4) is 0 Å². The second-order valence-electron chi connectivity index (χ2n) is 9.20. The molecule has 202 valence electrons. The number of aromatic nitrogens is 2. The number of amides is 1. The fourth-order valence-corrected chi connectivity index (χ4v) is 4.86. The minimum absolute atomic E-state index is 0.0199. The second-order valence-corrected chi connectivity index (χ2v) is 9.60. The summed E-state index contributed by atoms with van der Waals surface area (Å²) in [6.45, 7) is 1.45. The Morgan fingerprint density at radius 3 is 2.67 bits per heavy atom. The summed E-state index contributed by atoms with van der Waals surface area (Å²) in [6, 6.07) is 10.0. The summed E-state index contributed by atoms with van der Waals surface area (Å²) in [5.41, 5.74) is 1.81. The van der Waals surface area contributed by atoms with Gasteiger partial charge in [-0.3, -0.25) is 9.47 Å². The number of carbonyl (C=O) groups is 1. The first-order chi connectivity index (χ1) is 18.6. The average molecular weight is 561 g/mol. The van der Waals surface area contributed by atoms with Crippen LogP contribution in [-0.2, 0) is 25.7 Å². The first-order valence-electron chi connectivity index (χ1n) is 12.1. The van der Waals surface area contributed by atoms with Crippen molar-refractivity contribution in [1.82, 2.24) is 19.8 Å². The molecule has 11 heteroatoms. The Hall–Kier alpha value is -3.76. The van der Waals surface area contributed by atoms with Gasteiger partial charge in [-0.2, -0.15) is 17.6 Å². The molecule has 0 radical (unpaired) electrons. The summed E-state index contributed by atoms with van der Waals surface area (Å²) < 4.78 is 69.0. The molecule has 0 atom stereocenters. The van der Waals surface area contributed by atoms with Crippen LogP contribution in [0.3, 0.4) is 0 Å². The number of alkyl halides is 3. The van der Waals surface area contributed by atoms with Crippen molar-refractivity contribution in [2.75, 3.05) is 13.1 Å². The van der Waals surface area contributed by atoms with Crippen LogP contribution in [0.5, 0.6) is 0 Å². The minimum atomic E-state index is -4.58. The third-order valence-corrected chi connectivity index (χ3v) is 6.92. The topological polar surface area (TPSA) is 50.2 Å². The van der Waals surface area contributed by atoms with Crippen LogP contribution in [0.1, 0.15) is 27.9 Å². The highest BCUT2D eigenvalue weighted by Crippen LogP contribution is 2.36. The molecule has 3 heterocycles. The highest BCUT2D eigenvalue weighted by Gasteiger charge is 2.33. The van der Waals surface area contributed by atoms with E-state index in [0.717, 1.165) is 17.7 Å². The Kier molecular flexibility index (Phi) is 7.42. The summed E-state index contributed by atoms with van der Waals surface area (Å²) in [5.74, 6) is -1.21. The van der Waals surface area contributed by atoms with Crippen LogP contribution >= 0.6 is 11.6 Å². The molecule has 0 unspecified atom stereocenters. The van der Waals surface area contributed by atoms with Gasteiger partial charge in [-0.15, -0.1) is 0 Å². The Balaban J connectivity index is 1.42. The lowest BCUT2D eigenvalue weighted by molar-refractivity contribution is -0.137. The van der Waals surface area contributed by atoms with Gasteiger partial charge in [-0.05, 0) is 53.1 Å². The van der Waals surface area contributed by atoms with E-state index >= 15 is 0 Å². The number of rotatable bonds is 5. The molecule has 5 nitrogen and oxygen atoms in total. The summed E-state index contributed by atoms with van der Waals surface area (Å²) in [4.78, 5) is 18.8. The SMILES string of the molecule is O=C(NCc1ccnc(F)c1)n1c2c(c3ccc(C(F)(F)F)cc31)CN(CC=Cc1ccc(Cl)c(F)c1)CC2. The van der Waals surface area contributed by atoms with Crippen LogP contribution in [0, 0.1) is 11.8 Å². The highest BCUT2D eigenvalue weighted by atomic mass is 35.5. The van der Waals surface area contributed by atoms with Crippen molar-refractivity contribution in [3.63, 3.8) is 0 Å². The van der Waals surface area contributed by atoms with E-state index in [9.17, 15) is 26.7 Å². The first kappa shape index (κ1) is 26.8.